The van der Waals surface area contributed by atoms with Gasteiger partial charge in [0, 0.05) is 19.2 Å². The van der Waals surface area contributed by atoms with Gasteiger partial charge >= 0.3 is 5.97 Å². The summed E-state index contributed by atoms with van der Waals surface area (Å²) in [4.78, 5) is 11.1. The van der Waals surface area contributed by atoms with Crippen LogP contribution >= 0.6 is 0 Å². The molecule has 19 heavy (non-hydrogen) atoms. The fourth-order valence-electron chi connectivity index (χ4n) is 1.56. The minimum atomic E-state index is -0.965. The number of rotatable bonds is 8. The summed E-state index contributed by atoms with van der Waals surface area (Å²) in [5, 5.41) is 12.1. The second-order valence-electron chi connectivity index (χ2n) is 4.61. The van der Waals surface area contributed by atoms with Gasteiger partial charge in [-0.25, -0.2) is 4.79 Å². The zero-order valence-corrected chi connectivity index (χ0v) is 11.6. The van der Waals surface area contributed by atoms with Crippen LogP contribution in [0.4, 0.5) is 5.69 Å². The Bertz CT molecular complexity index is 418. The summed E-state index contributed by atoms with van der Waals surface area (Å²) < 4.78 is 10.5. The maximum atomic E-state index is 11.1. The van der Waals surface area contributed by atoms with E-state index in [2.05, 4.69) is 19.2 Å². The van der Waals surface area contributed by atoms with E-state index < -0.39 is 5.97 Å². The highest BCUT2D eigenvalue weighted by atomic mass is 16.5. The maximum Gasteiger partial charge on any atom is 0.337 e. The molecule has 1 aromatic carbocycles. The lowest BCUT2D eigenvalue weighted by Gasteiger charge is -2.12. The molecule has 1 rings (SSSR count). The minimum Gasteiger partial charge on any atom is -0.497 e. The van der Waals surface area contributed by atoms with Crippen molar-refractivity contribution in [1.82, 2.24) is 0 Å². The first-order valence-corrected chi connectivity index (χ1v) is 6.27. The van der Waals surface area contributed by atoms with Crippen molar-refractivity contribution in [3.63, 3.8) is 0 Å². The number of hydrogen-bond acceptors (Lipinski definition) is 4. The van der Waals surface area contributed by atoms with Crippen LogP contribution in [0, 0.1) is 5.92 Å². The van der Waals surface area contributed by atoms with Gasteiger partial charge in [0.15, 0.2) is 0 Å². The summed E-state index contributed by atoms with van der Waals surface area (Å²) >= 11 is 0. The normalized spacial score (nSPS) is 10.5. The molecule has 0 fully saturated rings. The number of nitrogens with one attached hydrogen (secondary N) is 1. The van der Waals surface area contributed by atoms with E-state index in [9.17, 15) is 4.79 Å². The molecule has 5 heteroatoms. The van der Waals surface area contributed by atoms with E-state index in [1.54, 1.807) is 19.2 Å². The van der Waals surface area contributed by atoms with Gasteiger partial charge in [0.25, 0.3) is 0 Å². The Labute approximate surface area is 113 Å². The molecule has 106 valence electrons. The van der Waals surface area contributed by atoms with Crippen molar-refractivity contribution in [2.24, 2.45) is 5.92 Å². The van der Waals surface area contributed by atoms with Gasteiger partial charge in [0.05, 0.1) is 25.0 Å². The molecule has 0 aromatic heterocycles. The van der Waals surface area contributed by atoms with Gasteiger partial charge in [-0.05, 0) is 18.1 Å². The van der Waals surface area contributed by atoms with E-state index in [1.807, 2.05) is 0 Å². The summed E-state index contributed by atoms with van der Waals surface area (Å²) in [6.07, 6.45) is 0. The number of methoxy groups -OCH3 is 1. The highest BCUT2D eigenvalue weighted by molar-refractivity contribution is 5.94. The smallest absolute Gasteiger partial charge is 0.337 e. The van der Waals surface area contributed by atoms with Crippen molar-refractivity contribution in [2.75, 3.05) is 32.2 Å². The van der Waals surface area contributed by atoms with Crippen molar-refractivity contribution in [3.8, 4) is 5.75 Å². The molecule has 0 saturated carbocycles. The lowest BCUT2D eigenvalue weighted by molar-refractivity contribution is 0.0697. The van der Waals surface area contributed by atoms with Crippen LogP contribution in [0.1, 0.15) is 24.2 Å². The summed E-state index contributed by atoms with van der Waals surface area (Å²) in [7, 11) is 1.55. The number of carbonyl (C=O) groups is 1. The Morgan fingerprint density at radius 1 is 1.42 bits per heavy atom. The molecule has 0 aliphatic carbocycles. The molecule has 0 amide bonds. The van der Waals surface area contributed by atoms with Crippen molar-refractivity contribution < 1.29 is 19.4 Å². The minimum absolute atomic E-state index is 0.227. The number of aromatic carboxylic acids is 1. The summed E-state index contributed by atoms with van der Waals surface area (Å²) in [6.45, 7) is 5.95. The number of anilines is 1. The fourth-order valence-corrected chi connectivity index (χ4v) is 1.56. The number of carboxylic acid groups (broad SMARTS) is 1. The highest BCUT2D eigenvalue weighted by Crippen LogP contribution is 2.22. The predicted octanol–water partition coefficient (Wildman–Crippen LogP) is 2.48. The second-order valence-corrected chi connectivity index (χ2v) is 4.61. The van der Waals surface area contributed by atoms with E-state index in [-0.39, 0.29) is 5.56 Å². The van der Waals surface area contributed by atoms with Crippen LogP contribution in [0.25, 0.3) is 0 Å². The van der Waals surface area contributed by atoms with Crippen LogP contribution < -0.4 is 10.1 Å². The third kappa shape index (κ3) is 5.18. The van der Waals surface area contributed by atoms with Crippen molar-refractivity contribution in [2.45, 2.75) is 13.8 Å². The average molecular weight is 267 g/mol. The largest absolute Gasteiger partial charge is 0.497 e. The van der Waals surface area contributed by atoms with E-state index >= 15 is 0 Å². The van der Waals surface area contributed by atoms with Gasteiger partial charge in [-0.2, -0.15) is 0 Å². The van der Waals surface area contributed by atoms with E-state index in [4.69, 9.17) is 14.6 Å². The number of ether oxygens (including phenoxy) is 2. The Morgan fingerprint density at radius 3 is 2.74 bits per heavy atom. The fraction of sp³-hybridized carbons (Fsp3) is 0.500. The third-order valence-corrected chi connectivity index (χ3v) is 2.47. The van der Waals surface area contributed by atoms with E-state index in [0.717, 1.165) is 0 Å². The quantitative estimate of drug-likeness (QED) is 0.708. The molecule has 0 spiro atoms. The van der Waals surface area contributed by atoms with Crippen molar-refractivity contribution >= 4 is 11.7 Å². The molecule has 5 nitrogen and oxygen atoms in total. The number of hydrogen-bond donors (Lipinski definition) is 2. The van der Waals surface area contributed by atoms with Crippen LogP contribution in [0.5, 0.6) is 5.75 Å². The second kappa shape index (κ2) is 7.63. The van der Waals surface area contributed by atoms with Gasteiger partial charge in [0.1, 0.15) is 5.75 Å². The van der Waals surface area contributed by atoms with E-state index in [0.29, 0.717) is 37.1 Å². The lowest BCUT2D eigenvalue weighted by atomic mass is 10.1. The van der Waals surface area contributed by atoms with Crippen LogP contribution in [-0.4, -0.2) is 37.9 Å². The molecule has 0 aliphatic heterocycles. The van der Waals surface area contributed by atoms with Gasteiger partial charge in [0.2, 0.25) is 0 Å². The van der Waals surface area contributed by atoms with Crippen LogP contribution in [0.15, 0.2) is 18.2 Å². The van der Waals surface area contributed by atoms with Gasteiger partial charge in [-0.3, -0.25) is 0 Å². The zero-order valence-electron chi connectivity index (χ0n) is 11.6. The van der Waals surface area contributed by atoms with Crippen molar-refractivity contribution in [3.05, 3.63) is 23.8 Å². The zero-order chi connectivity index (χ0) is 14.3. The Balaban J connectivity index is 2.57. The number of carboxylic acids is 1. The van der Waals surface area contributed by atoms with E-state index in [1.165, 1.54) is 6.07 Å². The topological polar surface area (TPSA) is 67.8 Å². The maximum absolute atomic E-state index is 11.1. The molecule has 0 radical (unpaired) electrons. The first-order chi connectivity index (χ1) is 9.04. The van der Waals surface area contributed by atoms with Gasteiger partial charge in [-0.1, -0.05) is 13.8 Å². The molecule has 1 aromatic rings. The molecule has 0 aliphatic rings. The lowest BCUT2D eigenvalue weighted by Crippen LogP contribution is -2.14. The summed E-state index contributed by atoms with van der Waals surface area (Å²) in [6, 6.07) is 4.83. The molecule has 0 atom stereocenters. The molecular formula is C14H21NO4. The predicted molar refractivity (Wildman–Crippen MR) is 74.1 cm³/mol. The highest BCUT2D eigenvalue weighted by Gasteiger charge is 2.10. The molecule has 2 N–H and O–H groups in total. The average Bonchev–Trinajstić information content (AvgIpc) is 2.37. The monoisotopic (exact) mass is 267 g/mol. The van der Waals surface area contributed by atoms with Gasteiger partial charge in [-0.15, -0.1) is 0 Å². The SMILES string of the molecule is COc1ccc(C(=O)O)c(NCCOCC(C)C)c1. The summed E-state index contributed by atoms with van der Waals surface area (Å²) in [5.41, 5.74) is 0.768. The Hall–Kier alpha value is -1.75. The van der Waals surface area contributed by atoms with Gasteiger partial charge < -0.3 is 19.9 Å². The van der Waals surface area contributed by atoms with Crippen molar-refractivity contribution in [1.29, 1.82) is 0 Å². The Kier molecular flexibility index (Phi) is 6.15. The Morgan fingerprint density at radius 2 is 2.16 bits per heavy atom. The first-order valence-electron chi connectivity index (χ1n) is 6.27. The number of benzene rings is 1. The molecular weight excluding hydrogens is 246 g/mol. The molecule has 0 saturated heterocycles. The molecule has 0 heterocycles. The van der Waals surface area contributed by atoms with Crippen LogP contribution in [0.3, 0.4) is 0 Å². The molecule has 0 unspecified atom stereocenters. The standard InChI is InChI=1S/C14H21NO4/c1-10(2)9-19-7-6-15-13-8-11(18-3)4-5-12(13)14(16)17/h4-5,8,10,15H,6-7,9H2,1-3H3,(H,16,17). The first kappa shape index (κ1) is 15.3. The van der Waals surface area contributed by atoms with Crippen LogP contribution in [-0.2, 0) is 4.74 Å². The molecule has 0 bridgehead atoms. The summed E-state index contributed by atoms with van der Waals surface area (Å²) in [5.74, 6) is 0.148. The van der Waals surface area contributed by atoms with Crippen LogP contribution in [0.2, 0.25) is 0 Å². The third-order valence-electron chi connectivity index (χ3n) is 2.47.